The molecule has 0 saturated carbocycles. The maximum atomic E-state index is 11.7. The number of carboxylic acids is 1. The van der Waals surface area contributed by atoms with Gasteiger partial charge in [0.05, 0.1) is 23.7 Å². The Hall–Kier alpha value is -2.50. The fraction of sp³-hybridized carbons (Fsp3) is 0.167. The van der Waals surface area contributed by atoms with E-state index >= 15 is 0 Å². The molecule has 6 heteroatoms. The van der Waals surface area contributed by atoms with Crippen molar-refractivity contribution >= 4 is 22.9 Å². The summed E-state index contributed by atoms with van der Waals surface area (Å²) < 4.78 is 0. The van der Waals surface area contributed by atoms with Gasteiger partial charge >= 0.3 is 5.97 Å². The highest BCUT2D eigenvalue weighted by Crippen LogP contribution is 2.08. The van der Waals surface area contributed by atoms with Crippen LogP contribution in [0.4, 0.5) is 0 Å². The van der Waals surface area contributed by atoms with Crippen molar-refractivity contribution in [1.82, 2.24) is 15.3 Å². The summed E-state index contributed by atoms with van der Waals surface area (Å²) in [6.45, 7) is 0.0721. The predicted octanol–water partition coefficient (Wildman–Crippen LogP) is 0.834. The van der Waals surface area contributed by atoms with Gasteiger partial charge in [-0.25, -0.2) is 4.98 Å². The molecule has 0 aliphatic carbocycles. The molecule has 0 bridgehead atoms. The molecule has 1 aromatic carbocycles. The van der Waals surface area contributed by atoms with Crippen LogP contribution in [-0.4, -0.2) is 33.5 Å². The average Bonchev–Trinajstić information content (AvgIpc) is 2.37. The van der Waals surface area contributed by atoms with Crippen molar-refractivity contribution < 1.29 is 14.7 Å². The topological polar surface area (TPSA) is 92.2 Å². The molecule has 0 aliphatic heterocycles. The first-order valence-corrected chi connectivity index (χ1v) is 5.38. The number of amides is 1. The highest BCUT2D eigenvalue weighted by molar-refractivity contribution is 5.93. The van der Waals surface area contributed by atoms with E-state index < -0.39 is 11.9 Å². The molecule has 92 valence electrons. The monoisotopic (exact) mass is 245 g/mol. The molecule has 18 heavy (non-hydrogen) atoms. The van der Waals surface area contributed by atoms with E-state index in [0.717, 1.165) is 0 Å². The maximum Gasteiger partial charge on any atom is 0.305 e. The number of rotatable bonds is 4. The van der Waals surface area contributed by atoms with Crippen molar-refractivity contribution in [2.75, 3.05) is 6.54 Å². The van der Waals surface area contributed by atoms with Crippen LogP contribution >= 0.6 is 0 Å². The van der Waals surface area contributed by atoms with Gasteiger partial charge in [-0.2, -0.15) is 0 Å². The van der Waals surface area contributed by atoms with Gasteiger partial charge in [0, 0.05) is 6.54 Å². The molecule has 6 nitrogen and oxygen atoms in total. The Morgan fingerprint density at radius 2 is 1.94 bits per heavy atom. The summed E-state index contributed by atoms with van der Waals surface area (Å²) in [5.41, 5.74) is 1.52. The number of benzene rings is 1. The number of aliphatic carboxylic acids is 1. The highest BCUT2D eigenvalue weighted by Gasteiger charge is 2.08. The second kappa shape index (κ2) is 5.22. The summed E-state index contributed by atoms with van der Waals surface area (Å²) in [5.74, 6) is -1.38. The van der Waals surface area contributed by atoms with E-state index in [1.807, 2.05) is 12.1 Å². The van der Waals surface area contributed by atoms with E-state index in [2.05, 4.69) is 15.3 Å². The van der Waals surface area contributed by atoms with Crippen LogP contribution in [0.15, 0.2) is 30.5 Å². The second-order valence-electron chi connectivity index (χ2n) is 3.64. The Morgan fingerprint density at radius 1 is 1.22 bits per heavy atom. The lowest BCUT2D eigenvalue weighted by Gasteiger charge is -2.03. The minimum Gasteiger partial charge on any atom is -0.481 e. The number of fused-ring (bicyclic) bond motifs is 1. The number of nitrogens with zero attached hydrogens (tertiary/aromatic N) is 2. The number of aromatic nitrogens is 2. The van der Waals surface area contributed by atoms with Crippen LogP contribution in [0.3, 0.4) is 0 Å². The minimum absolute atomic E-state index is 0.0721. The van der Waals surface area contributed by atoms with E-state index in [9.17, 15) is 9.59 Å². The first kappa shape index (κ1) is 12.0. The summed E-state index contributed by atoms with van der Waals surface area (Å²) >= 11 is 0. The minimum atomic E-state index is -0.958. The summed E-state index contributed by atoms with van der Waals surface area (Å²) in [4.78, 5) is 30.2. The number of para-hydroxylation sites is 2. The molecular weight excluding hydrogens is 234 g/mol. The average molecular weight is 245 g/mol. The Labute approximate surface area is 103 Å². The molecule has 0 aliphatic rings. The molecule has 1 heterocycles. The van der Waals surface area contributed by atoms with Gasteiger partial charge in [-0.3, -0.25) is 14.6 Å². The van der Waals surface area contributed by atoms with Crippen molar-refractivity contribution in [1.29, 1.82) is 0 Å². The van der Waals surface area contributed by atoms with Crippen LogP contribution < -0.4 is 5.32 Å². The van der Waals surface area contributed by atoms with Crippen molar-refractivity contribution in [3.8, 4) is 0 Å². The Kier molecular flexibility index (Phi) is 3.47. The maximum absolute atomic E-state index is 11.7. The summed E-state index contributed by atoms with van der Waals surface area (Å²) in [7, 11) is 0. The number of carbonyl (C=O) groups is 2. The standard InChI is InChI=1S/C12H11N3O3/c16-11(17)5-6-13-12(18)10-7-14-8-3-1-2-4-9(8)15-10/h1-4,7H,5-6H2,(H,13,18)(H,16,17). The second-order valence-corrected chi connectivity index (χ2v) is 3.64. The number of nitrogens with one attached hydrogen (secondary N) is 1. The summed E-state index contributed by atoms with van der Waals surface area (Å²) in [6.07, 6.45) is 1.26. The van der Waals surface area contributed by atoms with Crippen molar-refractivity contribution in [2.24, 2.45) is 0 Å². The Balaban J connectivity index is 2.10. The molecule has 0 atom stereocenters. The third-order valence-corrected chi connectivity index (χ3v) is 2.31. The van der Waals surface area contributed by atoms with Gasteiger partial charge in [0.2, 0.25) is 0 Å². The third-order valence-electron chi connectivity index (χ3n) is 2.31. The van der Waals surface area contributed by atoms with E-state index in [1.165, 1.54) is 6.20 Å². The van der Waals surface area contributed by atoms with Gasteiger partial charge in [0.1, 0.15) is 5.69 Å². The molecule has 0 saturated heterocycles. The fourth-order valence-electron chi connectivity index (χ4n) is 1.44. The van der Waals surface area contributed by atoms with E-state index in [0.29, 0.717) is 11.0 Å². The van der Waals surface area contributed by atoms with Gasteiger partial charge in [-0.1, -0.05) is 12.1 Å². The van der Waals surface area contributed by atoms with Crippen molar-refractivity contribution in [2.45, 2.75) is 6.42 Å². The van der Waals surface area contributed by atoms with Gasteiger partial charge in [0.15, 0.2) is 0 Å². The molecule has 2 rings (SSSR count). The van der Waals surface area contributed by atoms with Crippen molar-refractivity contribution in [3.63, 3.8) is 0 Å². The molecule has 0 radical (unpaired) electrons. The lowest BCUT2D eigenvalue weighted by Crippen LogP contribution is -2.26. The van der Waals surface area contributed by atoms with Crippen molar-refractivity contribution in [3.05, 3.63) is 36.2 Å². The molecule has 0 spiro atoms. The van der Waals surface area contributed by atoms with Crippen LogP contribution in [-0.2, 0) is 4.79 Å². The van der Waals surface area contributed by atoms with Gasteiger partial charge < -0.3 is 10.4 Å². The highest BCUT2D eigenvalue weighted by atomic mass is 16.4. The zero-order chi connectivity index (χ0) is 13.0. The van der Waals surface area contributed by atoms with Crippen LogP contribution in [0.2, 0.25) is 0 Å². The lowest BCUT2D eigenvalue weighted by atomic mass is 10.3. The molecule has 0 unspecified atom stereocenters. The third kappa shape index (κ3) is 2.79. The first-order valence-electron chi connectivity index (χ1n) is 5.38. The SMILES string of the molecule is O=C(O)CCNC(=O)c1cnc2ccccc2n1. The van der Waals surface area contributed by atoms with Gasteiger partial charge in [-0.15, -0.1) is 0 Å². The quantitative estimate of drug-likeness (QED) is 0.832. The van der Waals surface area contributed by atoms with E-state index in [1.54, 1.807) is 12.1 Å². The van der Waals surface area contributed by atoms with Crippen LogP contribution in [0.1, 0.15) is 16.9 Å². The van der Waals surface area contributed by atoms with Gasteiger partial charge in [-0.05, 0) is 12.1 Å². The smallest absolute Gasteiger partial charge is 0.305 e. The molecule has 2 N–H and O–H groups in total. The van der Waals surface area contributed by atoms with Crippen LogP contribution in [0.25, 0.3) is 11.0 Å². The van der Waals surface area contributed by atoms with Crippen LogP contribution in [0, 0.1) is 0 Å². The Morgan fingerprint density at radius 3 is 2.67 bits per heavy atom. The lowest BCUT2D eigenvalue weighted by molar-refractivity contribution is -0.136. The number of hydrogen-bond acceptors (Lipinski definition) is 4. The number of carbonyl (C=O) groups excluding carboxylic acids is 1. The largest absolute Gasteiger partial charge is 0.481 e. The summed E-state index contributed by atoms with van der Waals surface area (Å²) in [5, 5.41) is 10.9. The van der Waals surface area contributed by atoms with Gasteiger partial charge in [0.25, 0.3) is 5.91 Å². The zero-order valence-electron chi connectivity index (χ0n) is 9.46. The van der Waals surface area contributed by atoms with E-state index in [4.69, 9.17) is 5.11 Å². The van der Waals surface area contributed by atoms with E-state index in [-0.39, 0.29) is 18.7 Å². The number of carboxylic acid groups (broad SMARTS) is 1. The molecular formula is C12H11N3O3. The first-order chi connectivity index (χ1) is 8.66. The normalized spacial score (nSPS) is 10.2. The molecule has 1 aromatic heterocycles. The molecule has 2 aromatic rings. The molecule has 0 fully saturated rings. The Bertz CT molecular complexity index is 598. The predicted molar refractivity (Wildman–Crippen MR) is 64.1 cm³/mol. The zero-order valence-corrected chi connectivity index (χ0v) is 9.46. The molecule has 1 amide bonds. The summed E-state index contributed by atoms with van der Waals surface area (Å²) in [6, 6.07) is 7.21. The number of hydrogen-bond donors (Lipinski definition) is 2. The van der Waals surface area contributed by atoms with Crippen LogP contribution in [0.5, 0.6) is 0 Å². The fourth-order valence-corrected chi connectivity index (χ4v) is 1.44.